The van der Waals surface area contributed by atoms with Crippen LogP contribution in [0, 0.1) is 0 Å². The SMILES string of the molecule is CCC(=O)N1C(C)CC[C@H]1C(=O)OC.CCC(=O)N1[C@@H](C)CC[C@H]1C(=O)O.CCC(=O)N1[C@@H](C)CC[C@H]1C(=O)OC.CCC(=O)N1[C@H](C)CC[C@H]1C(=O)O.CCC(=O)N1[C@H](C)CC[C@H]1C(=O)OC.CCC(C)=O.COC(=O)[C@@H]1CCC(C)N1. The largest absolute Gasteiger partial charge is 0.480 e. The number of carbonyl (C=O) groups is 12. The summed E-state index contributed by atoms with van der Waals surface area (Å²) in [6.45, 7) is 24.1. The third kappa shape index (κ3) is 23.8. The highest BCUT2D eigenvalue weighted by molar-refractivity contribution is 5.88. The van der Waals surface area contributed by atoms with Gasteiger partial charge in [0.25, 0.3) is 0 Å². The van der Waals surface area contributed by atoms with Gasteiger partial charge in [-0.2, -0.15) is 0 Å². The van der Waals surface area contributed by atoms with Gasteiger partial charge in [-0.15, -0.1) is 0 Å². The summed E-state index contributed by atoms with van der Waals surface area (Å²) in [5.74, 6) is -2.55. The van der Waals surface area contributed by atoms with Crippen LogP contribution in [0.15, 0.2) is 0 Å². The second-order valence-corrected chi connectivity index (χ2v) is 21.5. The van der Waals surface area contributed by atoms with Crippen molar-refractivity contribution in [1.29, 1.82) is 0 Å². The van der Waals surface area contributed by atoms with E-state index in [4.69, 9.17) is 10.2 Å². The molecular formula is C59H102N6O18. The summed E-state index contributed by atoms with van der Waals surface area (Å²) in [6, 6.07) is -1.23. The highest BCUT2D eigenvalue weighted by Crippen LogP contribution is 2.29. The van der Waals surface area contributed by atoms with E-state index in [-0.39, 0.29) is 114 Å². The maximum atomic E-state index is 11.6. The molecule has 0 aliphatic carbocycles. The number of ether oxygens (including phenoxy) is 4. The number of ketones is 1. The normalized spacial score (nSPS) is 26.3. The lowest BCUT2D eigenvalue weighted by molar-refractivity contribution is -0.152. The molecular weight excluding hydrogens is 1080 g/mol. The average molecular weight is 1180 g/mol. The summed E-state index contributed by atoms with van der Waals surface area (Å²) >= 11 is 0. The molecule has 0 saturated carbocycles. The maximum absolute atomic E-state index is 11.6. The number of methoxy groups -OCH3 is 4. The smallest absolute Gasteiger partial charge is 0.328 e. The molecule has 0 aromatic heterocycles. The third-order valence-corrected chi connectivity index (χ3v) is 15.6. The monoisotopic (exact) mass is 1180 g/mol. The van der Waals surface area contributed by atoms with Crippen molar-refractivity contribution < 1.29 is 86.7 Å². The van der Waals surface area contributed by atoms with Crippen LogP contribution in [-0.2, 0) is 76.5 Å². The van der Waals surface area contributed by atoms with Crippen LogP contribution in [0.3, 0.4) is 0 Å². The zero-order valence-corrected chi connectivity index (χ0v) is 52.8. The fourth-order valence-electron chi connectivity index (χ4n) is 10.8. The first-order chi connectivity index (χ1) is 39.0. The average Bonchev–Trinajstić information content (AvgIpc) is 4.53. The summed E-state index contributed by atoms with van der Waals surface area (Å²) in [7, 11) is 5.51. The molecule has 12 atom stereocenters. The molecule has 0 spiro atoms. The van der Waals surface area contributed by atoms with Gasteiger partial charge in [-0.05, 0) is 126 Å². The Balaban J connectivity index is 0.000000958. The Hall–Kier alpha value is -6.20. The lowest BCUT2D eigenvalue weighted by atomic mass is 10.2. The zero-order valence-electron chi connectivity index (χ0n) is 52.8. The number of amides is 5. The molecule has 0 aromatic rings. The molecule has 2 unspecified atom stereocenters. The number of Topliss-reactive ketones (excluding diaryl/α,β-unsaturated/α-hetero) is 1. The molecule has 0 aromatic carbocycles. The van der Waals surface area contributed by atoms with Gasteiger partial charge in [0.1, 0.15) is 42.0 Å². The summed E-state index contributed by atoms with van der Waals surface area (Å²) in [4.78, 5) is 142. The van der Waals surface area contributed by atoms with Crippen molar-refractivity contribution in [1.82, 2.24) is 29.8 Å². The van der Waals surface area contributed by atoms with Crippen LogP contribution in [0.25, 0.3) is 0 Å². The van der Waals surface area contributed by atoms with E-state index in [0.29, 0.717) is 57.4 Å². The number of rotatable bonds is 12. The fraction of sp³-hybridized carbons (Fsp3) is 0.797. The van der Waals surface area contributed by atoms with Gasteiger partial charge in [-0.1, -0.05) is 41.5 Å². The molecule has 3 N–H and O–H groups in total. The standard InChI is InChI=1S/3C10H17NO3.2C9H15NO3.C7H13NO2.C4H8O/c3*1-4-9(12)11-7(2)5-6-8(11)10(13)14-3;2*1-3-8(11)10-6(2)4-5-7(10)9(12)13;1-5-3-4-6(8-5)7(9)10-2;1-3-4(2)5/h3*7-8H,4-6H2,1-3H3;2*6-7H,3-5H2,1-2H3,(H,12,13);5-6,8H,3-4H2,1-2H3;3H2,1-2H3/t7?,8-;7-,8+;7-,8-;6-,7+;6-,7-;5?,6-;/m010100./s1. The number of nitrogens with one attached hydrogen (secondary N) is 1. The van der Waals surface area contributed by atoms with E-state index in [1.54, 1.807) is 35.5 Å². The second kappa shape index (κ2) is 39.4. The molecule has 6 saturated heterocycles. The molecule has 5 amide bonds. The molecule has 6 rings (SSSR count). The number of carboxylic acid groups (broad SMARTS) is 2. The van der Waals surface area contributed by atoms with Crippen molar-refractivity contribution in [3.63, 3.8) is 0 Å². The van der Waals surface area contributed by atoms with Gasteiger partial charge in [0.2, 0.25) is 29.5 Å². The van der Waals surface area contributed by atoms with Crippen molar-refractivity contribution in [2.75, 3.05) is 28.4 Å². The number of carbonyl (C=O) groups excluding carboxylic acids is 10. The topological polar surface area (TPSA) is 310 Å². The van der Waals surface area contributed by atoms with E-state index in [0.717, 1.165) is 64.2 Å². The van der Waals surface area contributed by atoms with Crippen LogP contribution in [-0.4, -0.2) is 207 Å². The van der Waals surface area contributed by atoms with Gasteiger partial charge in [-0.25, -0.2) is 24.0 Å². The van der Waals surface area contributed by atoms with Gasteiger partial charge >= 0.3 is 35.8 Å². The van der Waals surface area contributed by atoms with Crippen LogP contribution in [0.2, 0.25) is 0 Å². The van der Waals surface area contributed by atoms with E-state index in [1.807, 2.05) is 62.3 Å². The van der Waals surface area contributed by atoms with Crippen LogP contribution in [0.1, 0.15) is 206 Å². The Morgan fingerprint density at radius 1 is 0.349 bits per heavy atom. The Morgan fingerprint density at radius 2 is 0.566 bits per heavy atom. The van der Waals surface area contributed by atoms with Crippen LogP contribution in [0.4, 0.5) is 0 Å². The minimum Gasteiger partial charge on any atom is -0.480 e. The predicted molar refractivity (Wildman–Crippen MR) is 308 cm³/mol. The first-order valence-electron chi connectivity index (χ1n) is 29.6. The molecule has 6 fully saturated rings. The van der Waals surface area contributed by atoms with Crippen LogP contribution < -0.4 is 5.32 Å². The van der Waals surface area contributed by atoms with E-state index < -0.39 is 24.0 Å². The van der Waals surface area contributed by atoms with Crippen molar-refractivity contribution in [2.45, 2.75) is 278 Å². The number of hydrogen-bond donors (Lipinski definition) is 3. The van der Waals surface area contributed by atoms with E-state index in [2.05, 4.69) is 31.2 Å². The minimum absolute atomic E-state index is 0.0328. The van der Waals surface area contributed by atoms with Crippen LogP contribution >= 0.6 is 0 Å². The minimum atomic E-state index is -0.883. The van der Waals surface area contributed by atoms with Gasteiger partial charge in [-0.3, -0.25) is 28.8 Å². The van der Waals surface area contributed by atoms with E-state index in [1.165, 1.54) is 38.2 Å². The lowest BCUT2D eigenvalue weighted by Crippen LogP contribution is -2.44. The van der Waals surface area contributed by atoms with Crippen LogP contribution in [0.5, 0.6) is 0 Å². The molecule has 476 valence electrons. The number of esters is 4. The molecule has 83 heavy (non-hydrogen) atoms. The summed E-state index contributed by atoms with van der Waals surface area (Å²) in [6.07, 6.45) is 12.3. The highest BCUT2D eigenvalue weighted by Gasteiger charge is 2.42. The molecule has 24 nitrogen and oxygen atoms in total. The van der Waals surface area contributed by atoms with Gasteiger partial charge < -0.3 is 63.8 Å². The number of aliphatic carboxylic acids is 2. The van der Waals surface area contributed by atoms with E-state index >= 15 is 0 Å². The highest BCUT2D eigenvalue weighted by atomic mass is 16.5. The molecule has 6 aliphatic rings. The molecule has 6 aliphatic heterocycles. The van der Waals surface area contributed by atoms with Gasteiger partial charge in [0, 0.05) is 74.8 Å². The number of likely N-dealkylation sites (tertiary alicyclic amines) is 5. The first kappa shape index (κ1) is 76.8. The van der Waals surface area contributed by atoms with Crippen molar-refractivity contribution in [3.05, 3.63) is 0 Å². The number of carboxylic acids is 2. The van der Waals surface area contributed by atoms with Gasteiger partial charge in [0.15, 0.2) is 0 Å². The number of hydrogen-bond acceptors (Lipinski definition) is 17. The van der Waals surface area contributed by atoms with Crippen molar-refractivity contribution in [2.24, 2.45) is 0 Å². The quantitative estimate of drug-likeness (QED) is 0.152. The Kier molecular flexibility index (Phi) is 36.4. The van der Waals surface area contributed by atoms with E-state index in [9.17, 15) is 57.5 Å². The first-order valence-corrected chi connectivity index (χ1v) is 29.6. The summed E-state index contributed by atoms with van der Waals surface area (Å²) < 4.78 is 18.6. The molecule has 24 heteroatoms. The zero-order chi connectivity index (χ0) is 64.0. The Bertz CT molecular complexity index is 1980. The third-order valence-electron chi connectivity index (χ3n) is 15.6. The maximum Gasteiger partial charge on any atom is 0.328 e. The summed E-state index contributed by atoms with van der Waals surface area (Å²) in [5.41, 5.74) is 0. The molecule has 6 heterocycles. The summed E-state index contributed by atoms with van der Waals surface area (Å²) in [5, 5.41) is 20.8. The molecule has 0 bridgehead atoms. The second-order valence-electron chi connectivity index (χ2n) is 21.5. The van der Waals surface area contributed by atoms with Crippen molar-refractivity contribution >= 4 is 71.1 Å². The van der Waals surface area contributed by atoms with Crippen molar-refractivity contribution in [3.8, 4) is 0 Å². The Labute approximate surface area is 492 Å². The lowest BCUT2D eigenvalue weighted by Gasteiger charge is -2.26. The Morgan fingerprint density at radius 3 is 0.735 bits per heavy atom. The molecule has 0 radical (unpaired) electrons. The fourth-order valence-corrected chi connectivity index (χ4v) is 10.8. The number of nitrogens with zero attached hydrogens (tertiary/aromatic N) is 5. The van der Waals surface area contributed by atoms with Gasteiger partial charge in [0.05, 0.1) is 28.4 Å². The predicted octanol–water partition coefficient (Wildman–Crippen LogP) is 5.85.